The zero-order valence-electron chi connectivity index (χ0n) is 11.8. The van der Waals surface area contributed by atoms with Crippen LogP contribution in [0.3, 0.4) is 0 Å². The quantitative estimate of drug-likeness (QED) is 0.940. The molecule has 5 nitrogen and oxygen atoms in total. The Morgan fingerprint density at radius 2 is 2.33 bits per heavy atom. The number of halogens is 2. The van der Waals surface area contributed by atoms with Crippen LogP contribution < -0.4 is 5.32 Å². The minimum atomic E-state index is -0.362. The molecule has 21 heavy (non-hydrogen) atoms. The molecule has 0 bridgehead atoms. The Morgan fingerprint density at radius 3 is 3.10 bits per heavy atom. The van der Waals surface area contributed by atoms with Crippen molar-refractivity contribution in [3.05, 3.63) is 40.9 Å². The molecule has 112 valence electrons. The molecule has 1 aromatic heterocycles. The summed E-state index contributed by atoms with van der Waals surface area (Å²) in [6.07, 6.45) is 1.84. The Kier molecular flexibility index (Phi) is 4.19. The molecule has 2 heterocycles. The molecule has 1 fully saturated rings. The van der Waals surface area contributed by atoms with Crippen molar-refractivity contribution in [1.82, 2.24) is 25.2 Å². The minimum absolute atomic E-state index is 0.322. The lowest BCUT2D eigenvalue weighted by Gasteiger charge is -2.30. The molecular weight excluding hydrogens is 293 g/mol. The number of aromatic nitrogens is 3. The predicted molar refractivity (Wildman–Crippen MR) is 79.1 cm³/mol. The van der Waals surface area contributed by atoms with Crippen LogP contribution >= 0.6 is 11.6 Å². The molecule has 0 saturated carbocycles. The minimum Gasteiger partial charge on any atom is -0.312 e. The monoisotopic (exact) mass is 309 g/mol. The summed E-state index contributed by atoms with van der Waals surface area (Å²) < 4.78 is 14.7. The lowest BCUT2D eigenvalue weighted by Crippen LogP contribution is -2.48. The predicted octanol–water partition coefficient (Wildman–Crippen LogP) is 1.85. The second-order valence-corrected chi connectivity index (χ2v) is 5.75. The van der Waals surface area contributed by atoms with E-state index in [1.807, 2.05) is 6.20 Å². The highest BCUT2D eigenvalue weighted by Crippen LogP contribution is 2.20. The third-order valence-corrected chi connectivity index (χ3v) is 3.84. The Hall–Kier alpha value is -1.50. The smallest absolute Gasteiger partial charge is 0.124 e. The van der Waals surface area contributed by atoms with Gasteiger partial charge in [0, 0.05) is 32.2 Å². The molecule has 7 heteroatoms. The summed E-state index contributed by atoms with van der Waals surface area (Å²) in [4.78, 5) is 2.34. The largest absolute Gasteiger partial charge is 0.312 e. The maximum Gasteiger partial charge on any atom is 0.124 e. The van der Waals surface area contributed by atoms with E-state index in [0.29, 0.717) is 16.8 Å². The SMILES string of the molecule is C[C@H]1CN(Cc2cn(-c3ccc(F)cc3Cl)nn2)CCN1. The van der Waals surface area contributed by atoms with Crippen molar-refractivity contribution >= 4 is 11.6 Å². The number of nitrogens with one attached hydrogen (secondary N) is 1. The lowest BCUT2D eigenvalue weighted by atomic mass is 10.2. The van der Waals surface area contributed by atoms with Gasteiger partial charge in [-0.05, 0) is 25.1 Å². The summed E-state index contributed by atoms with van der Waals surface area (Å²) in [5, 5.41) is 12.0. The van der Waals surface area contributed by atoms with Gasteiger partial charge in [-0.15, -0.1) is 5.10 Å². The van der Waals surface area contributed by atoms with Crippen LogP contribution in [0, 0.1) is 5.82 Å². The molecule has 0 amide bonds. The van der Waals surface area contributed by atoms with Crippen LogP contribution in [-0.2, 0) is 6.54 Å². The van der Waals surface area contributed by atoms with Crippen molar-refractivity contribution in [2.45, 2.75) is 19.5 Å². The summed E-state index contributed by atoms with van der Waals surface area (Å²) in [7, 11) is 0. The van der Waals surface area contributed by atoms with Gasteiger partial charge in [0.2, 0.25) is 0 Å². The third-order valence-electron chi connectivity index (χ3n) is 3.54. The topological polar surface area (TPSA) is 46.0 Å². The lowest BCUT2D eigenvalue weighted by molar-refractivity contribution is 0.197. The van der Waals surface area contributed by atoms with Gasteiger partial charge in [0.15, 0.2) is 0 Å². The van der Waals surface area contributed by atoms with E-state index in [9.17, 15) is 4.39 Å². The van der Waals surface area contributed by atoms with Gasteiger partial charge in [-0.3, -0.25) is 4.90 Å². The highest BCUT2D eigenvalue weighted by atomic mass is 35.5. The van der Waals surface area contributed by atoms with E-state index in [-0.39, 0.29) is 5.82 Å². The van der Waals surface area contributed by atoms with E-state index in [2.05, 4.69) is 27.5 Å². The van der Waals surface area contributed by atoms with E-state index in [4.69, 9.17) is 11.6 Å². The maximum absolute atomic E-state index is 13.1. The molecule has 1 aliphatic heterocycles. The molecule has 0 spiro atoms. The molecule has 0 aliphatic carbocycles. The number of nitrogens with zero attached hydrogens (tertiary/aromatic N) is 4. The third kappa shape index (κ3) is 3.40. The zero-order chi connectivity index (χ0) is 14.8. The first-order valence-electron chi connectivity index (χ1n) is 6.94. The molecule has 1 aliphatic rings. The van der Waals surface area contributed by atoms with Gasteiger partial charge in [-0.25, -0.2) is 9.07 Å². The Balaban J connectivity index is 1.74. The number of piperazine rings is 1. The van der Waals surface area contributed by atoms with Gasteiger partial charge in [0.1, 0.15) is 5.82 Å². The molecule has 1 aromatic carbocycles. The van der Waals surface area contributed by atoms with Crippen molar-refractivity contribution in [3.63, 3.8) is 0 Å². The van der Waals surface area contributed by atoms with Crippen molar-refractivity contribution in [3.8, 4) is 5.69 Å². The van der Waals surface area contributed by atoms with Gasteiger partial charge in [0.25, 0.3) is 0 Å². The molecule has 0 radical (unpaired) electrons. The van der Waals surface area contributed by atoms with Gasteiger partial charge in [-0.1, -0.05) is 16.8 Å². The molecule has 1 saturated heterocycles. The summed E-state index contributed by atoms with van der Waals surface area (Å²) in [5.74, 6) is -0.362. The van der Waals surface area contributed by atoms with Crippen LogP contribution in [-0.4, -0.2) is 45.6 Å². The van der Waals surface area contributed by atoms with Crippen LogP contribution in [0.5, 0.6) is 0 Å². The zero-order valence-corrected chi connectivity index (χ0v) is 12.5. The summed E-state index contributed by atoms with van der Waals surface area (Å²) in [5.41, 5.74) is 1.51. The van der Waals surface area contributed by atoms with Gasteiger partial charge >= 0.3 is 0 Å². The summed E-state index contributed by atoms with van der Waals surface area (Å²) in [6.45, 7) is 5.89. The van der Waals surface area contributed by atoms with E-state index in [1.165, 1.54) is 12.1 Å². The van der Waals surface area contributed by atoms with Crippen LogP contribution in [0.2, 0.25) is 5.02 Å². The molecule has 1 atom stereocenters. The normalized spacial score (nSPS) is 19.9. The van der Waals surface area contributed by atoms with Crippen LogP contribution in [0.1, 0.15) is 12.6 Å². The molecule has 3 rings (SSSR count). The molecule has 1 N–H and O–H groups in total. The second-order valence-electron chi connectivity index (χ2n) is 5.34. The molecular formula is C14H17ClFN5. The number of hydrogen-bond donors (Lipinski definition) is 1. The Morgan fingerprint density at radius 1 is 1.48 bits per heavy atom. The fourth-order valence-electron chi connectivity index (χ4n) is 2.54. The number of benzene rings is 1. The highest BCUT2D eigenvalue weighted by Gasteiger charge is 2.17. The first-order chi connectivity index (χ1) is 10.1. The maximum atomic E-state index is 13.1. The van der Waals surface area contributed by atoms with Crippen molar-refractivity contribution in [1.29, 1.82) is 0 Å². The highest BCUT2D eigenvalue weighted by molar-refractivity contribution is 6.32. The Labute approximate surface area is 127 Å². The average Bonchev–Trinajstić information content (AvgIpc) is 2.87. The Bertz CT molecular complexity index is 630. The van der Waals surface area contributed by atoms with Crippen molar-refractivity contribution < 1.29 is 4.39 Å². The van der Waals surface area contributed by atoms with Gasteiger partial charge in [0.05, 0.1) is 22.6 Å². The van der Waals surface area contributed by atoms with Gasteiger partial charge in [-0.2, -0.15) is 0 Å². The number of hydrogen-bond acceptors (Lipinski definition) is 4. The molecule has 0 unspecified atom stereocenters. The van der Waals surface area contributed by atoms with Crippen LogP contribution in [0.4, 0.5) is 4.39 Å². The first-order valence-corrected chi connectivity index (χ1v) is 7.32. The van der Waals surface area contributed by atoms with Crippen LogP contribution in [0.25, 0.3) is 5.69 Å². The average molecular weight is 310 g/mol. The van der Waals surface area contributed by atoms with Crippen molar-refractivity contribution in [2.24, 2.45) is 0 Å². The van der Waals surface area contributed by atoms with Crippen LogP contribution in [0.15, 0.2) is 24.4 Å². The summed E-state index contributed by atoms with van der Waals surface area (Å²) in [6, 6.07) is 4.72. The number of rotatable bonds is 3. The second kappa shape index (κ2) is 6.09. The molecule has 2 aromatic rings. The standard InChI is InChI=1S/C14H17ClFN5/c1-10-7-20(5-4-17-10)8-12-9-21(19-18-12)14-3-2-11(16)6-13(14)15/h2-3,6,9-10,17H,4-5,7-8H2,1H3/t10-/m0/s1. The van der Waals surface area contributed by atoms with E-state index in [1.54, 1.807) is 10.7 Å². The summed E-state index contributed by atoms with van der Waals surface area (Å²) >= 11 is 6.04. The van der Waals surface area contributed by atoms with E-state index >= 15 is 0 Å². The van der Waals surface area contributed by atoms with Crippen molar-refractivity contribution in [2.75, 3.05) is 19.6 Å². The van der Waals surface area contributed by atoms with Gasteiger partial charge < -0.3 is 5.32 Å². The van der Waals surface area contributed by atoms with E-state index in [0.717, 1.165) is 31.9 Å². The first kappa shape index (κ1) is 14.4. The fourth-order valence-corrected chi connectivity index (χ4v) is 2.79. The van der Waals surface area contributed by atoms with E-state index < -0.39 is 0 Å². The fraction of sp³-hybridized carbons (Fsp3) is 0.429.